The molecule has 6 heteroatoms. The number of ether oxygens (including phenoxy) is 1. The lowest BCUT2D eigenvalue weighted by molar-refractivity contribution is 0.413. The van der Waals surface area contributed by atoms with Gasteiger partial charge in [-0.25, -0.2) is 4.39 Å². The number of rotatable bonds is 3. The molecule has 0 bridgehead atoms. The van der Waals surface area contributed by atoms with E-state index in [2.05, 4.69) is 10.1 Å². The molecule has 1 saturated carbocycles. The molecule has 1 fully saturated rings. The van der Waals surface area contributed by atoms with Crippen molar-refractivity contribution in [2.24, 2.45) is 0 Å². The largest absolute Gasteiger partial charge is 0.436 e. The highest BCUT2D eigenvalue weighted by atomic mass is 35.5. The van der Waals surface area contributed by atoms with Crippen LogP contribution in [0, 0.1) is 5.82 Å². The zero-order valence-corrected chi connectivity index (χ0v) is 11.6. The summed E-state index contributed by atoms with van der Waals surface area (Å²) in [5, 5.41) is 5.33. The Morgan fingerprint density at radius 2 is 2.10 bits per heavy atom. The topological polar surface area (TPSA) is 48.2 Å². The van der Waals surface area contributed by atoms with E-state index < -0.39 is 5.82 Å². The average molecular weight is 305 g/mol. The summed E-state index contributed by atoms with van der Waals surface area (Å²) in [6.07, 6.45) is 2.27. The Labute approximate surface area is 124 Å². The van der Waals surface area contributed by atoms with Crippen molar-refractivity contribution < 1.29 is 13.7 Å². The lowest BCUT2D eigenvalue weighted by atomic mass is 10.2. The Kier molecular flexibility index (Phi) is 2.82. The molecule has 4 nitrogen and oxygen atoms in total. The summed E-state index contributed by atoms with van der Waals surface area (Å²) in [5.74, 6) is 0.237. The highest BCUT2D eigenvalue weighted by Gasteiger charge is 2.29. The van der Waals surface area contributed by atoms with Gasteiger partial charge in [-0.05, 0) is 31.0 Å². The van der Waals surface area contributed by atoms with Gasteiger partial charge in [0.1, 0.15) is 0 Å². The van der Waals surface area contributed by atoms with Gasteiger partial charge in [0.05, 0.1) is 11.1 Å². The van der Waals surface area contributed by atoms with Crippen molar-refractivity contribution >= 4 is 22.7 Å². The van der Waals surface area contributed by atoms with Crippen LogP contribution in [0.15, 0.2) is 34.9 Å². The molecule has 0 amide bonds. The molecule has 2 aromatic heterocycles. The van der Waals surface area contributed by atoms with Gasteiger partial charge in [0.2, 0.25) is 5.88 Å². The molecule has 4 rings (SSSR count). The molecule has 0 spiro atoms. The Balaban J connectivity index is 1.69. The summed E-state index contributed by atoms with van der Waals surface area (Å²) in [4.78, 5) is 4.21. The maximum atomic E-state index is 13.6. The van der Waals surface area contributed by atoms with Gasteiger partial charge in [0.15, 0.2) is 11.6 Å². The van der Waals surface area contributed by atoms with Crippen LogP contribution in [0.25, 0.3) is 11.1 Å². The number of hydrogen-bond donors (Lipinski definition) is 0. The van der Waals surface area contributed by atoms with Crippen LogP contribution in [0.1, 0.15) is 24.5 Å². The molecule has 106 valence electrons. The van der Waals surface area contributed by atoms with E-state index in [1.54, 1.807) is 6.07 Å². The lowest BCUT2D eigenvalue weighted by Gasteiger charge is -2.05. The van der Waals surface area contributed by atoms with Crippen LogP contribution in [0.3, 0.4) is 0 Å². The second-order valence-electron chi connectivity index (χ2n) is 5.02. The van der Waals surface area contributed by atoms with Crippen molar-refractivity contribution in [2.45, 2.75) is 18.8 Å². The molecule has 1 aliphatic carbocycles. The lowest BCUT2D eigenvalue weighted by Crippen LogP contribution is -1.91. The molecule has 21 heavy (non-hydrogen) atoms. The smallest absolute Gasteiger partial charge is 0.261 e. The van der Waals surface area contributed by atoms with Crippen molar-refractivity contribution in [2.75, 3.05) is 0 Å². The maximum Gasteiger partial charge on any atom is 0.261 e. The number of fused-ring (bicyclic) bond motifs is 1. The van der Waals surface area contributed by atoms with Gasteiger partial charge >= 0.3 is 0 Å². The molecule has 0 radical (unpaired) electrons. The summed E-state index contributed by atoms with van der Waals surface area (Å²) in [5.41, 5.74) is 1.34. The van der Waals surface area contributed by atoms with E-state index in [0.29, 0.717) is 16.7 Å². The molecule has 0 saturated heterocycles. The van der Waals surface area contributed by atoms with Gasteiger partial charge in [-0.15, -0.1) is 0 Å². The highest BCUT2D eigenvalue weighted by Crippen LogP contribution is 2.42. The summed E-state index contributed by atoms with van der Waals surface area (Å²) in [6, 6.07) is 7.61. The van der Waals surface area contributed by atoms with Gasteiger partial charge in [-0.1, -0.05) is 16.8 Å². The van der Waals surface area contributed by atoms with Crippen LogP contribution in [0.5, 0.6) is 11.6 Å². The molecule has 1 aliphatic rings. The summed E-state index contributed by atoms with van der Waals surface area (Å²) >= 11 is 5.83. The Morgan fingerprint density at radius 1 is 1.24 bits per heavy atom. The van der Waals surface area contributed by atoms with Crippen molar-refractivity contribution in [3.05, 3.63) is 46.9 Å². The van der Waals surface area contributed by atoms with Crippen LogP contribution in [0.4, 0.5) is 4.39 Å². The summed E-state index contributed by atoms with van der Waals surface area (Å²) in [6.45, 7) is 0. The maximum absolute atomic E-state index is 13.6. The fraction of sp³-hybridized carbons (Fsp3) is 0.200. The number of halogens is 2. The van der Waals surface area contributed by atoms with Gasteiger partial charge in [-0.3, -0.25) is 0 Å². The second kappa shape index (κ2) is 4.70. The Hall–Kier alpha value is -2.14. The van der Waals surface area contributed by atoms with E-state index in [1.807, 2.05) is 6.07 Å². The number of aromatic nitrogens is 2. The van der Waals surface area contributed by atoms with E-state index in [4.69, 9.17) is 20.9 Å². The molecule has 3 aromatic rings. The molecule has 0 atom stereocenters. The van der Waals surface area contributed by atoms with Crippen LogP contribution in [-0.2, 0) is 0 Å². The third-order valence-corrected chi connectivity index (χ3v) is 3.65. The third kappa shape index (κ3) is 2.34. The van der Waals surface area contributed by atoms with Crippen LogP contribution < -0.4 is 4.74 Å². The zero-order chi connectivity index (χ0) is 14.4. The van der Waals surface area contributed by atoms with Gasteiger partial charge < -0.3 is 9.26 Å². The molecule has 1 aromatic carbocycles. The first kappa shape index (κ1) is 12.6. The zero-order valence-electron chi connectivity index (χ0n) is 10.8. The standard InChI is InChI=1S/C15H10ClFN2O2/c16-9-3-5-11(17)12(7-9)20-13-6-4-10-14(8-1-2-8)19-21-15(10)18-13/h3-8H,1-2H2. The van der Waals surface area contributed by atoms with Crippen LogP contribution in [-0.4, -0.2) is 10.1 Å². The van der Waals surface area contributed by atoms with Crippen LogP contribution in [0.2, 0.25) is 5.02 Å². The van der Waals surface area contributed by atoms with Gasteiger partial charge in [-0.2, -0.15) is 4.98 Å². The van der Waals surface area contributed by atoms with Crippen molar-refractivity contribution in [3.63, 3.8) is 0 Å². The molecule has 2 heterocycles. The second-order valence-corrected chi connectivity index (χ2v) is 5.46. The minimum absolute atomic E-state index is 0.0243. The molecule has 0 aliphatic heterocycles. The van der Waals surface area contributed by atoms with E-state index in [9.17, 15) is 4.39 Å². The fourth-order valence-electron chi connectivity index (χ4n) is 2.21. The van der Waals surface area contributed by atoms with Crippen molar-refractivity contribution in [1.82, 2.24) is 10.1 Å². The minimum Gasteiger partial charge on any atom is -0.436 e. The molecule has 0 unspecified atom stereocenters. The van der Waals surface area contributed by atoms with Crippen molar-refractivity contribution in [1.29, 1.82) is 0 Å². The quantitative estimate of drug-likeness (QED) is 0.704. The molecular weight excluding hydrogens is 295 g/mol. The predicted molar refractivity (Wildman–Crippen MR) is 75.3 cm³/mol. The van der Waals surface area contributed by atoms with Gasteiger partial charge in [0.25, 0.3) is 5.71 Å². The first-order chi connectivity index (χ1) is 10.2. The molecular formula is C15H10ClFN2O2. The highest BCUT2D eigenvalue weighted by molar-refractivity contribution is 6.30. The first-order valence-corrected chi connectivity index (χ1v) is 6.98. The van der Waals surface area contributed by atoms with E-state index >= 15 is 0 Å². The molecule has 0 N–H and O–H groups in total. The van der Waals surface area contributed by atoms with E-state index in [1.165, 1.54) is 18.2 Å². The number of nitrogens with zero attached hydrogens (tertiary/aromatic N) is 2. The number of benzene rings is 1. The van der Waals surface area contributed by atoms with Gasteiger partial charge in [0, 0.05) is 23.1 Å². The normalized spacial score (nSPS) is 14.6. The van der Waals surface area contributed by atoms with E-state index in [0.717, 1.165) is 23.9 Å². The summed E-state index contributed by atoms with van der Waals surface area (Å²) in [7, 11) is 0. The first-order valence-electron chi connectivity index (χ1n) is 6.60. The monoisotopic (exact) mass is 304 g/mol. The third-order valence-electron chi connectivity index (χ3n) is 3.41. The predicted octanol–water partition coefficient (Wildman–Crippen LogP) is 4.69. The van der Waals surface area contributed by atoms with E-state index in [-0.39, 0.29) is 11.6 Å². The Bertz CT molecular complexity index is 830. The summed E-state index contributed by atoms with van der Waals surface area (Å²) < 4.78 is 24.3. The average Bonchev–Trinajstić information content (AvgIpc) is 3.23. The SMILES string of the molecule is Fc1ccc(Cl)cc1Oc1ccc2c(C3CC3)noc2n1. The number of pyridine rings is 1. The number of hydrogen-bond acceptors (Lipinski definition) is 4. The van der Waals surface area contributed by atoms with Crippen molar-refractivity contribution in [3.8, 4) is 11.6 Å². The fourth-order valence-corrected chi connectivity index (χ4v) is 2.37. The minimum atomic E-state index is -0.502. The van der Waals surface area contributed by atoms with Crippen LogP contribution >= 0.6 is 11.6 Å². The Morgan fingerprint density at radius 3 is 2.90 bits per heavy atom.